The number of nitrogens with zero attached hydrogens (tertiary/aromatic N) is 1. The summed E-state index contributed by atoms with van der Waals surface area (Å²) in [6.07, 6.45) is 2.27. The van der Waals surface area contributed by atoms with Gasteiger partial charge in [-0.2, -0.15) is 0 Å². The Hall–Kier alpha value is -1.40. The number of aromatic nitrogens is 2. The van der Waals surface area contributed by atoms with E-state index in [9.17, 15) is 9.59 Å². The third-order valence-corrected chi connectivity index (χ3v) is 3.81. The molecule has 0 amide bonds. The zero-order chi connectivity index (χ0) is 12.2. The van der Waals surface area contributed by atoms with Crippen molar-refractivity contribution in [2.24, 2.45) is 11.8 Å². The highest BCUT2D eigenvalue weighted by Gasteiger charge is 2.65. The van der Waals surface area contributed by atoms with Gasteiger partial charge in [0.25, 0.3) is 5.56 Å². The Morgan fingerprint density at radius 3 is 3.00 bits per heavy atom. The monoisotopic (exact) mass is 238 g/mol. The summed E-state index contributed by atoms with van der Waals surface area (Å²) in [4.78, 5) is 25.3. The molecule has 0 spiro atoms. The first-order valence-electron chi connectivity index (χ1n) is 5.66. The minimum absolute atomic E-state index is 0.0729. The van der Waals surface area contributed by atoms with Crippen LogP contribution in [-0.2, 0) is 10.5 Å². The van der Waals surface area contributed by atoms with Crippen LogP contribution in [0.15, 0.2) is 15.8 Å². The van der Waals surface area contributed by atoms with E-state index in [4.69, 9.17) is 9.84 Å². The van der Waals surface area contributed by atoms with Gasteiger partial charge in [-0.25, -0.2) is 4.79 Å². The third-order valence-electron chi connectivity index (χ3n) is 3.81. The molecule has 0 unspecified atom stereocenters. The predicted molar refractivity (Wildman–Crippen MR) is 58.7 cm³/mol. The van der Waals surface area contributed by atoms with Crippen LogP contribution in [0.1, 0.15) is 12.0 Å². The van der Waals surface area contributed by atoms with Crippen molar-refractivity contribution in [3.05, 3.63) is 32.6 Å². The highest BCUT2D eigenvalue weighted by molar-refractivity contribution is 5.12. The summed E-state index contributed by atoms with van der Waals surface area (Å²) >= 11 is 0. The molecule has 2 N–H and O–H groups in total. The summed E-state index contributed by atoms with van der Waals surface area (Å²) in [6.45, 7) is 2.19. The molecule has 1 aliphatic heterocycles. The highest BCUT2D eigenvalue weighted by atomic mass is 16.5. The molecule has 2 aliphatic rings. The molecule has 17 heavy (non-hydrogen) atoms. The van der Waals surface area contributed by atoms with Crippen molar-refractivity contribution < 1.29 is 9.84 Å². The first-order valence-corrected chi connectivity index (χ1v) is 5.66. The number of nitrogens with one attached hydrogen (secondary N) is 1. The lowest BCUT2D eigenvalue weighted by molar-refractivity contribution is -0.00397. The Kier molecular flexibility index (Phi) is 2.08. The van der Waals surface area contributed by atoms with Gasteiger partial charge < -0.3 is 9.84 Å². The number of fused-ring (bicyclic) bond motifs is 1. The maximum Gasteiger partial charge on any atom is 0.330 e. The molecule has 1 aromatic rings. The van der Waals surface area contributed by atoms with E-state index >= 15 is 0 Å². The highest BCUT2D eigenvalue weighted by Crippen LogP contribution is 2.59. The van der Waals surface area contributed by atoms with Gasteiger partial charge in [-0.3, -0.25) is 14.3 Å². The van der Waals surface area contributed by atoms with Crippen LogP contribution in [0.4, 0.5) is 0 Å². The number of hydrogen-bond donors (Lipinski definition) is 2. The quantitative estimate of drug-likeness (QED) is 0.703. The fourth-order valence-electron chi connectivity index (χ4n) is 2.70. The topological polar surface area (TPSA) is 84.3 Å². The van der Waals surface area contributed by atoms with Crippen LogP contribution in [-0.4, -0.2) is 27.9 Å². The molecule has 6 heteroatoms. The second-order valence-electron chi connectivity index (χ2n) is 4.85. The summed E-state index contributed by atoms with van der Waals surface area (Å²) in [6, 6.07) is 0. The molecule has 1 saturated carbocycles. The summed E-state index contributed by atoms with van der Waals surface area (Å²) in [5.74, 6) is 0.268. The van der Waals surface area contributed by atoms with Crippen LogP contribution in [0.2, 0.25) is 0 Å². The number of rotatable bonds is 2. The lowest BCUT2D eigenvalue weighted by atomic mass is 10.1. The molecule has 6 nitrogen and oxygen atoms in total. The number of ether oxygens (including phenoxy) is 1. The van der Waals surface area contributed by atoms with E-state index in [1.807, 2.05) is 0 Å². The zero-order valence-corrected chi connectivity index (χ0v) is 9.47. The van der Waals surface area contributed by atoms with Gasteiger partial charge in [0.05, 0.1) is 6.61 Å². The maximum absolute atomic E-state index is 11.8. The van der Waals surface area contributed by atoms with Crippen molar-refractivity contribution in [2.45, 2.75) is 19.1 Å². The normalized spacial score (nSPS) is 34.7. The van der Waals surface area contributed by atoms with Gasteiger partial charge in [-0.15, -0.1) is 0 Å². The SMILES string of the molecule is Cc1cn([C@@]23C[C@@H]2[C@@H](CO)CO3)c(=O)[nH]c1=O. The Balaban J connectivity index is 2.05. The number of aliphatic hydroxyl groups excluding tert-OH is 1. The second-order valence-corrected chi connectivity index (χ2v) is 4.85. The minimum atomic E-state index is -0.626. The van der Waals surface area contributed by atoms with Crippen LogP contribution in [0.25, 0.3) is 0 Å². The Bertz CT molecular complexity index is 576. The van der Waals surface area contributed by atoms with E-state index in [1.54, 1.807) is 13.1 Å². The molecule has 1 aromatic heterocycles. The largest absolute Gasteiger partial charge is 0.396 e. The van der Waals surface area contributed by atoms with E-state index in [1.165, 1.54) is 4.57 Å². The molecule has 3 atom stereocenters. The molecule has 1 aliphatic carbocycles. The molecular formula is C11H14N2O4. The molecule has 0 aromatic carbocycles. The molecular weight excluding hydrogens is 224 g/mol. The van der Waals surface area contributed by atoms with Crippen molar-refractivity contribution in [3.63, 3.8) is 0 Å². The van der Waals surface area contributed by atoms with E-state index in [0.717, 1.165) is 6.42 Å². The minimum Gasteiger partial charge on any atom is -0.396 e. The summed E-state index contributed by atoms with van der Waals surface area (Å²) in [5.41, 5.74) is -0.946. The first-order chi connectivity index (χ1) is 8.08. The number of aryl methyl sites for hydroxylation is 1. The van der Waals surface area contributed by atoms with Gasteiger partial charge in [-0.1, -0.05) is 0 Å². The van der Waals surface area contributed by atoms with Gasteiger partial charge in [0, 0.05) is 36.6 Å². The number of hydrogen-bond acceptors (Lipinski definition) is 4. The summed E-state index contributed by atoms with van der Waals surface area (Å²) < 4.78 is 7.12. The lowest BCUT2D eigenvalue weighted by Crippen LogP contribution is -2.37. The van der Waals surface area contributed by atoms with Crippen LogP contribution in [0.5, 0.6) is 0 Å². The Morgan fingerprint density at radius 1 is 1.65 bits per heavy atom. The van der Waals surface area contributed by atoms with E-state index in [2.05, 4.69) is 4.98 Å². The molecule has 2 fully saturated rings. The fraction of sp³-hybridized carbons (Fsp3) is 0.636. The molecule has 2 heterocycles. The van der Waals surface area contributed by atoms with Gasteiger partial charge in [0.2, 0.25) is 0 Å². The van der Waals surface area contributed by atoms with E-state index in [0.29, 0.717) is 12.2 Å². The van der Waals surface area contributed by atoms with Crippen molar-refractivity contribution in [2.75, 3.05) is 13.2 Å². The molecule has 1 saturated heterocycles. The summed E-state index contributed by atoms with van der Waals surface area (Å²) in [5, 5.41) is 9.17. The van der Waals surface area contributed by atoms with Crippen LogP contribution < -0.4 is 11.2 Å². The van der Waals surface area contributed by atoms with Crippen LogP contribution in [0, 0.1) is 18.8 Å². The number of H-pyrrole nitrogens is 1. The van der Waals surface area contributed by atoms with Crippen molar-refractivity contribution >= 4 is 0 Å². The van der Waals surface area contributed by atoms with Crippen LogP contribution in [0.3, 0.4) is 0 Å². The standard InChI is InChI=1S/C11H14N2O4/c1-6-3-13(10(16)12-9(6)15)11-2-8(11)7(4-14)5-17-11/h3,7-8,14H,2,4-5H2,1H3,(H,12,15,16)/t7-,8+,11+/m0/s1. The average molecular weight is 238 g/mol. The molecule has 92 valence electrons. The van der Waals surface area contributed by atoms with Gasteiger partial charge in [0.15, 0.2) is 5.72 Å². The van der Waals surface area contributed by atoms with Crippen molar-refractivity contribution in [3.8, 4) is 0 Å². The van der Waals surface area contributed by atoms with E-state index < -0.39 is 11.4 Å². The van der Waals surface area contributed by atoms with Crippen molar-refractivity contribution in [1.29, 1.82) is 0 Å². The Morgan fingerprint density at radius 2 is 2.41 bits per heavy atom. The second kappa shape index (κ2) is 3.30. The smallest absolute Gasteiger partial charge is 0.330 e. The maximum atomic E-state index is 11.8. The zero-order valence-electron chi connectivity index (χ0n) is 9.47. The lowest BCUT2D eigenvalue weighted by Gasteiger charge is -2.16. The van der Waals surface area contributed by atoms with Crippen molar-refractivity contribution in [1.82, 2.24) is 9.55 Å². The molecule has 0 bridgehead atoms. The Labute approximate surface area is 96.9 Å². The predicted octanol–water partition coefficient (Wildman–Crippen LogP) is -0.844. The third kappa shape index (κ3) is 1.34. The van der Waals surface area contributed by atoms with E-state index in [-0.39, 0.29) is 24.0 Å². The van der Waals surface area contributed by atoms with Crippen LogP contribution >= 0.6 is 0 Å². The molecule has 0 radical (unpaired) electrons. The fourth-order valence-corrected chi connectivity index (χ4v) is 2.70. The van der Waals surface area contributed by atoms with Gasteiger partial charge in [-0.05, 0) is 6.92 Å². The van der Waals surface area contributed by atoms with Gasteiger partial charge >= 0.3 is 5.69 Å². The first kappa shape index (κ1) is 10.7. The average Bonchev–Trinajstić information content (AvgIpc) is 2.92. The number of aliphatic hydroxyl groups is 1. The number of aromatic amines is 1. The molecule has 3 rings (SSSR count). The van der Waals surface area contributed by atoms with Gasteiger partial charge in [0.1, 0.15) is 0 Å². The summed E-state index contributed by atoms with van der Waals surface area (Å²) in [7, 11) is 0.